The number of carbonyl (C=O) groups is 1. The van der Waals surface area contributed by atoms with Crippen LogP contribution in [0.25, 0.3) is 0 Å². The monoisotopic (exact) mass is 224 g/mol. The van der Waals surface area contributed by atoms with E-state index in [2.05, 4.69) is 10.3 Å². The number of pyridine rings is 1. The lowest BCUT2D eigenvalue weighted by molar-refractivity contribution is 0.0696. The van der Waals surface area contributed by atoms with Crippen LogP contribution < -0.4 is 5.32 Å². The summed E-state index contributed by atoms with van der Waals surface area (Å²) in [6.45, 7) is 5.60. The van der Waals surface area contributed by atoms with Crippen LogP contribution in [-0.2, 0) is 0 Å². The van der Waals surface area contributed by atoms with Crippen molar-refractivity contribution in [1.82, 2.24) is 4.98 Å². The van der Waals surface area contributed by atoms with Gasteiger partial charge in [0.15, 0.2) is 0 Å². The second-order valence-electron chi connectivity index (χ2n) is 4.65. The molecule has 0 amide bonds. The minimum absolute atomic E-state index is 0.138. The highest BCUT2D eigenvalue weighted by molar-refractivity contribution is 5.88. The number of hydrogen-bond donors (Lipinski definition) is 3. The SMILES string of the molecule is CC(C)(C)C(O)Nc1cc(C(=O)O)ccn1. The van der Waals surface area contributed by atoms with Crippen molar-refractivity contribution in [1.29, 1.82) is 0 Å². The molecule has 0 bridgehead atoms. The van der Waals surface area contributed by atoms with Crippen LogP contribution in [0, 0.1) is 5.41 Å². The summed E-state index contributed by atoms with van der Waals surface area (Å²) < 4.78 is 0. The van der Waals surface area contributed by atoms with Crippen LogP contribution in [0.2, 0.25) is 0 Å². The number of aromatic carboxylic acids is 1. The minimum atomic E-state index is -1.02. The molecule has 0 aromatic carbocycles. The highest BCUT2D eigenvalue weighted by Crippen LogP contribution is 2.20. The number of nitrogens with zero attached hydrogens (tertiary/aromatic N) is 1. The number of aromatic nitrogens is 1. The number of carboxylic acid groups (broad SMARTS) is 1. The minimum Gasteiger partial charge on any atom is -0.478 e. The number of aliphatic hydroxyl groups is 1. The molecule has 0 aliphatic heterocycles. The first-order valence-electron chi connectivity index (χ1n) is 4.94. The number of carboxylic acids is 1. The molecule has 1 aromatic rings. The summed E-state index contributed by atoms with van der Waals surface area (Å²) in [6, 6.07) is 2.79. The first-order valence-corrected chi connectivity index (χ1v) is 4.94. The predicted octanol–water partition coefficient (Wildman–Crippen LogP) is 1.56. The Balaban J connectivity index is 2.82. The lowest BCUT2D eigenvalue weighted by Gasteiger charge is -2.26. The number of aliphatic hydroxyl groups excluding tert-OH is 1. The Bertz CT molecular complexity index is 385. The maximum Gasteiger partial charge on any atom is 0.335 e. The molecule has 0 saturated carbocycles. The second kappa shape index (κ2) is 4.49. The molecule has 0 spiro atoms. The molecule has 3 N–H and O–H groups in total. The van der Waals surface area contributed by atoms with E-state index in [1.807, 2.05) is 20.8 Å². The van der Waals surface area contributed by atoms with Gasteiger partial charge < -0.3 is 15.5 Å². The van der Waals surface area contributed by atoms with Gasteiger partial charge in [-0.05, 0) is 12.1 Å². The smallest absolute Gasteiger partial charge is 0.335 e. The first kappa shape index (κ1) is 12.4. The van der Waals surface area contributed by atoms with E-state index < -0.39 is 12.2 Å². The fraction of sp³-hybridized carbons (Fsp3) is 0.455. The highest BCUT2D eigenvalue weighted by atomic mass is 16.4. The topological polar surface area (TPSA) is 82.5 Å². The largest absolute Gasteiger partial charge is 0.478 e. The highest BCUT2D eigenvalue weighted by Gasteiger charge is 2.22. The standard InChI is InChI=1S/C11H16N2O3/c1-11(2,3)10(16)13-8-6-7(9(14)15)4-5-12-8/h4-6,10,16H,1-3H3,(H,12,13)(H,14,15). The van der Waals surface area contributed by atoms with E-state index in [4.69, 9.17) is 5.11 Å². The first-order chi connectivity index (χ1) is 7.30. The average molecular weight is 224 g/mol. The molecule has 1 unspecified atom stereocenters. The van der Waals surface area contributed by atoms with Gasteiger partial charge in [0.25, 0.3) is 0 Å². The van der Waals surface area contributed by atoms with Gasteiger partial charge in [0.2, 0.25) is 0 Å². The van der Waals surface area contributed by atoms with E-state index in [0.29, 0.717) is 5.82 Å². The van der Waals surface area contributed by atoms with Gasteiger partial charge in [0.05, 0.1) is 5.56 Å². The quantitative estimate of drug-likeness (QED) is 0.679. The average Bonchev–Trinajstić information content (AvgIpc) is 2.16. The Morgan fingerprint density at radius 3 is 2.62 bits per heavy atom. The molecular formula is C11H16N2O3. The van der Waals surface area contributed by atoms with Gasteiger partial charge in [-0.15, -0.1) is 0 Å². The van der Waals surface area contributed by atoms with Crippen molar-refractivity contribution in [3.05, 3.63) is 23.9 Å². The number of nitrogens with one attached hydrogen (secondary N) is 1. The summed E-state index contributed by atoms with van der Waals surface area (Å²) in [6.07, 6.45) is 0.602. The van der Waals surface area contributed by atoms with Crippen molar-refractivity contribution >= 4 is 11.8 Å². The fourth-order valence-corrected chi connectivity index (χ4v) is 0.999. The summed E-state index contributed by atoms with van der Waals surface area (Å²) in [4.78, 5) is 14.7. The van der Waals surface area contributed by atoms with Crippen LogP contribution in [-0.4, -0.2) is 27.4 Å². The number of hydrogen-bond acceptors (Lipinski definition) is 4. The van der Waals surface area contributed by atoms with Crippen molar-refractivity contribution < 1.29 is 15.0 Å². The van der Waals surface area contributed by atoms with Gasteiger partial charge in [0, 0.05) is 11.6 Å². The molecule has 88 valence electrons. The zero-order chi connectivity index (χ0) is 12.3. The van der Waals surface area contributed by atoms with Gasteiger partial charge in [-0.2, -0.15) is 0 Å². The molecule has 1 rings (SSSR count). The van der Waals surface area contributed by atoms with Gasteiger partial charge in [-0.3, -0.25) is 0 Å². The predicted molar refractivity (Wildman–Crippen MR) is 60.3 cm³/mol. The molecule has 1 atom stereocenters. The van der Waals surface area contributed by atoms with Crippen molar-refractivity contribution in [2.75, 3.05) is 5.32 Å². The van der Waals surface area contributed by atoms with Crippen molar-refractivity contribution in [2.24, 2.45) is 5.41 Å². The molecule has 5 nitrogen and oxygen atoms in total. The maximum absolute atomic E-state index is 10.7. The Hall–Kier alpha value is -1.62. The summed E-state index contributed by atoms with van der Waals surface area (Å²) in [5.74, 6) is -0.668. The van der Waals surface area contributed by atoms with Crippen LogP contribution in [0.3, 0.4) is 0 Å². The maximum atomic E-state index is 10.7. The van der Waals surface area contributed by atoms with Gasteiger partial charge in [-0.1, -0.05) is 20.8 Å². The molecule has 1 aromatic heterocycles. The van der Waals surface area contributed by atoms with Crippen molar-refractivity contribution in [2.45, 2.75) is 27.0 Å². The van der Waals surface area contributed by atoms with Crippen LogP contribution in [0.15, 0.2) is 18.3 Å². The summed E-state index contributed by atoms with van der Waals surface area (Å²) in [7, 11) is 0. The van der Waals surface area contributed by atoms with Crippen LogP contribution in [0.4, 0.5) is 5.82 Å². The van der Waals surface area contributed by atoms with E-state index in [-0.39, 0.29) is 11.0 Å². The van der Waals surface area contributed by atoms with E-state index in [1.54, 1.807) is 0 Å². The Morgan fingerprint density at radius 2 is 2.12 bits per heavy atom. The summed E-state index contributed by atoms with van der Waals surface area (Å²) in [5.41, 5.74) is -0.209. The van der Waals surface area contributed by atoms with Crippen LogP contribution in [0.5, 0.6) is 0 Å². The number of anilines is 1. The van der Waals surface area contributed by atoms with Gasteiger partial charge >= 0.3 is 5.97 Å². The Labute approximate surface area is 94.1 Å². The molecule has 1 heterocycles. The van der Waals surface area contributed by atoms with Crippen LogP contribution >= 0.6 is 0 Å². The van der Waals surface area contributed by atoms with E-state index >= 15 is 0 Å². The third-order valence-corrected chi connectivity index (χ3v) is 2.11. The molecule has 0 aliphatic rings. The molecule has 16 heavy (non-hydrogen) atoms. The Kier molecular flexibility index (Phi) is 3.49. The molecule has 0 saturated heterocycles. The molecule has 0 aliphatic carbocycles. The van der Waals surface area contributed by atoms with Crippen molar-refractivity contribution in [3.8, 4) is 0 Å². The Morgan fingerprint density at radius 1 is 1.50 bits per heavy atom. The van der Waals surface area contributed by atoms with Crippen LogP contribution in [0.1, 0.15) is 31.1 Å². The third-order valence-electron chi connectivity index (χ3n) is 2.11. The molecule has 5 heteroatoms. The van der Waals surface area contributed by atoms with Gasteiger partial charge in [0.1, 0.15) is 12.0 Å². The zero-order valence-corrected chi connectivity index (χ0v) is 9.56. The summed E-state index contributed by atoms with van der Waals surface area (Å²) >= 11 is 0. The van der Waals surface area contributed by atoms with E-state index in [1.165, 1.54) is 18.3 Å². The van der Waals surface area contributed by atoms with Crippen molar-refractivity contribution in [3.63, 3.8) is 0 Å². The normalized spacial score (nSPS) is 13.2. The molecule has 0 fully saturated rings. The second-order valence-corrected chi connectivity index (χ2v) is 4.65. The lowest BCUT2D eigenvalue weighted by Crippen LogP contribution is -2.33. The number of rotatable bonds is 3. The zero-order valence-electron chi connectivity index (χ0n) is 9.56. The lowest BCUT2D eigenvalue weighted by atomic mass is 9.94. The third kappa shape index (κ3) is 3.20. The summed E-state index contributed by atoms with van der Waals surface area (Å²) in [5, 5.41) is 21.3. The fourth-order valence-electron chi connectivity index (χ4n) is 0.999. The van der Waals surface area contributed by atoms with E-state index in [9.17, 15) is 9.90 Å². The van der Waals surface area contributed by atoms with E-state index in [0.717, 1.165) is 0 Å². The molecular weight excluding hydrogens is 208 g/mol. The molecule has 0 radical (unpaired) electrons. The van der Waals surface area contributed by atoms with Gasteiger partial charge in [-0.25, -0.2) is 9.78 Å².